The van der Waals surface area contributed by atoms with Gasteiger partial charge in [0, 0.05) is 11.1 Å². The number of benzene rings is 7. The van der Waals surface area contributed by atoms with Crippen LogP contribution in [0.4, 0.5) is 5.69 Å². The molecule has 0 amide bonds. The molecule has 1 heterocycles. The fourth-order valence-electron chi connectivity index (χ4n) is 7.51. The number of phenolic OH excluding ortho intramolecular Hbond substituents is 1. The van der Waals surface area contributed by atoms with E-state index in [9.17, 15) is 5.11 Å². The van der Waals surface area contributed by atoms with Gasteiger partial charge in [-0.25, -0.2) is 0 Å². The molecule has 62 heavy (non-hydrogen) atoms. The Bertz CT molecular complexity index is 2550. The number of aromatic nitrogens is 1. The molecule has 0 aliphatic rings. The molecule has 8 aromatic rings. The van der Waals surface area contributed by atoms with Crippen LogP contribution < -0.4 is 4.98 Å². The van der Waals surface area contributed by atoms with Crippen LogP contribution in [0.5, 0.6) is 5.75 Å². The molecule has 0 radical (unpaired) electrons. The average Bonchev–Trinajstić information content (AvgIpc) is 3.69. The summed E-state index contributed by atoms with van der Waals surface area (Å²) in [6.45, 7) is 17.6. The summed E-state index contributed by atoms with van der Waals surface area (Å²) < 4.78 is 7.59. The van der Waals surface area contributed by atoms with Crippen molar-refractivity contribution in [3.63, 3.8) is 0 Å². The van der Waals surface area contributed by atoms with Crippen LogP contribution in [-0.2, 0) is 23.3 Å². The molecule has 0 saturated carbocycles. The van der Waals surface area contributed by atoms with E-state index in [-0.39, 0.29) is 5.41 Å². The minimum atomic E-state index is -0.553. The van der Waals surface area contributed by atoms with Crippen molar-refractivity contribution in [3.8, 4) is 50.3 Å². The van der Waals surface area contributed by atoms with Crippen molar-refractivity contribution in [1.82, 2.24) is 4.98 Å². The fraction of sp³-hybridized carbons (Fsp3) is 0.190. The Balaban J connectivity index is 0.000000183. The van der Waals surface area contributed by atoms with E-state index in [0.29, 0.717) is 17.6 Å². The minimum absolute atomic E-state index is 0.0811. The summed E-state index contributed by atoms with van der Waals surface area (Å²) >= 11 is -0.553. The predicted molar refractivity (Wildman–Crippen MR) is 261 cm³/mol. The number of rotatable bonds is 9. The summed E-state index contributed by atoms with van der Waals surface area (Å²) in [6.07, 6.45) is 0. The first-order valence-corrected chi connectivity index (χ1v) is 23.6. The number of phenols is 1. The second-order valence-electron chi connectivity index (χ2n) is 16.8. The second-order valence-corrected chi connectivity index (χ2v) is 18.3. The smallest absolute Gasteiger partial charge is 0.132 e. The number of hydrogen-bond donors (Lipinski definition) is 1. The Kier molecular flexibility index (Phi) is 15.9. The van der Waals surface area contributed by atoms with E-state index < -0.39 is 17.9 Å². The van der Waals surface area contributed by atoms with Gasteiger partial charge in [-0.1, -0.05) is 147 Å². The average molecular weight is 896 g/mol. The summed E-state index contributed by atoms with van der Waals surface area (Å²) in [5.74, 6) is 1.33. The van der Waals surface area contributed by atoms with Gasteiger partial charge < -0.3 is 10.1 Å². The third kappa shape index (κ3) is 11.7. The van der Waals surface area contributed by atoms with Crippen LogP contribution in [0.15, 0.2) is 192 Å². The molecule has 0 atom stereocenters. The van der Waals surface area contributed by atoms with Crippen LogP contribution in [0.25, 0.3) is 44.5 Å². The van der Waals surface area contributed by atoms with Gasteiger partial charge in [0.25, 0.3) is 0 Å². The van der Waals surface area contributed by atoms with Gasteiger partial charge in [0.15, 0.2) is 0 Å². The van der Waals surface area contributed by atoms with E-state index in [4.69, 9.17) is 3.50 Å². The molecule has 314 valence electrons. The van der Waals surface area contributed by atoms with Crippen molar-refractivity contribution in [2.24, 2.45) is 3.50 Å². The summed E-state index contributed by atoms with van der Waals surface area (Å²) in [6, 6.07) is 64.5. The molecular formula is C58H59MoN2O-. The molecule has 1 N–H and O–H groups in total. The van der Waals surface area contributed by atoms with Gasteiger partial charge in [0.05, 0.1) is 0 Å². The molecule has 0 bridgehead atoms. The number of aromatic hydroxyl groups is 1. The minimum Gasteiger partial charge on any atom is -0.665 e. The molecular weight excluding hydrogens is 837 g/mol. The quantitative estimate of drug-likeness (QED) is 0.147. The molecule has 8 rings (SSSR count). The van der Waals surface area contributed by atoms with Gasteiger partial charge in [0.2, 0.25) is 0 Å². The number of nitrogens with zero attached hydrogens (tertiary/aromatic N) is 2. The molecule has 0 aliphatic carbocycles. The predicted octanol–water partition coefficient (Wildman–Crippen LogP) is 15.9. The summed E-state index contributed by atoms with van der Waals surface area (Å²) in [5.41, 5.74) is 15.6. The first kappa shape index (κ1) is 45.5. The SMILES string of the molecule is CC(C)c1cccc(C(C)C)c1[N]=[Mo]=[CH]C(C)(C)c1ccccc1.Cc1ccc(C)[n-]1.Oc1c(-c2ccccc2)c(-c2ccccc2)cc(-c2ccccc2)c1-c1ccccc1. The standard InChI is InChI=1S/C30H22O.C12H17N.C10H12.C6H8N.Mo/c31-30-28(24-17-9-3-10-18-24)26(22-13-5-1-6-14-22)21-27(23-15-7-2-8-16-23)29(30)25-19-11-4-12-20-25;1-8(2)10-6-5-7-11(9(3)4)12(10)13;1-10(2,3)9-7-5-4-6-8-9;1-5-3-4-6(2)7-5;/h1-21,31H;5-9H,1-4H3;1,4-8H,2-3H3;3-4H,1-2H3;/q;;;-1;. The van der Waals surface area contributed by atoms with Crippen LogP contribution in [0.1, 0.15) is 81.5 Å². The van der Waals surface area contributed by atoms with Crippen molar-refractivity contribution in [2.45, 2.75) is 72.6 Å². The Morgan fingerprint density at radius 1 is 0.500 bits per heavy atom. The third-order valence-corrected chi connectivity index (χ3v) is 13.3. The first-order chi connectivity index (χ1) is 29.9. The summed E-state index contributed by atoms with van der Waals surface area (Å²) in [7, 11) is 0. The molecule has 1 aromatic heterocycles. The Hall–Kier alpha value is -6.02. The molecule has 0 aliphatic heterocycles. The monoisotopic (exact) mass is 897 g/mol. The molecule has 0 fully saturated rings. The van der Waals surface area contributed by atoms with Gasteiger partial charge in [0.1, 0.15) is 5.75 Å². The molecule has 0 spiro atoms. The zero-order chi connectivity index (χ0) is 44.1. The van der Waals surface area contributed by atoms with Crippen molar-refractivity contribution in [3.05, 3.63) is 216 Å². The zero-order valence-electron chi connectivity index (χ0n) is 37.4. The van der Waals surface area contributed by atoms with Gasteiger partial charge in [-0.3, -0.25) is 0 Å². The van der Waals surface area contributed by atoms with Crippen LogP contribution in [0.2, 0.25) is 0 Å². The van der Waals surface area contributed by atoms with Crippen molar-refractivity contribution < 1.29 is 23.0 Å². The summed E-state index contributed by atoms with van der Waals surface area (Å²) in [5, 5.41) is 11.8. The fourth-order valence-corrected chi connectivity index (χ4v) is 9.40. The molecule has 0 saturated heterocycles. The Morgan fingerprint density at radius 2 is 0.871 bits per heavy atom. The van der Waals surface area contributed by atoms with E-state index in [1.807, 2.05) is 98.8 Å². The van der Waals surface area contributed by atoms with E-state index >= 15 is 0 Å². The van der Waals surface area contributed by atoms with Crippen LogP contribution in [-0.4, -0.2) is 9.51 Å². The molecule has 0 unspecified atom stereocenters. The van der Waals surface area contributed by atoms with Crippen molar-refractivity contribution >= 4 is 10.1 Å². The van der Waals surface area contributed by atoms with Crippen LogP contribution in [0.3, 0.4) is 0 Å². The van der Waals surface area contributed by atoms with Gasteiger partial charge >= 0.3 is 156 Å². The van der Waals surface area contributed by atoms with Gasteiger partial charge in [-0.05, 0) is 39.4 Å². The Morgan fingerprint density at radius 3 is 1.23 bits per heavy atom. The molecule has 3 nitrogen and oxygen atoms in total. The van der Waals surface area contributed by atoms with Crippen LogP contribution in [0, 0.1) is 13.8 Å². The van der Waals surface area contributed by atoms with E-state index in [2.05, 4.69) is 154 Å². The van der Waals surface area contributed by atoms with Crippen LogP contribution >= 0.6 is 0 Å². The summed E-state index contributed by atoms with van der Waals surface area (Å²) in [4.78, 5) is 4.11. The first-order valence-electron chi connectivity index (χ1n) is 21.5. The van der Waals surface area contributed by atoms with E-state index in [1.165, 1.54) is 22.4 Å². The second kappa shape index (κ2) is 21.7. The van der Waals surface area contributed by atoms with E-state index in [1.54, 1.807) is 0 Å². The van der Waals surface area contributed by atoms with Crippen molar-refractivity contribution in [2.75, 3.05) is 0 Å². The largest absolute Gasteiger partial charge is 0.665 e. The normalized spacial score (nSPS) is 10.9. The van der Waals surface area contributed by atoms with E-state index in [0.717, 1.165) is 55.9 Å². The molecule has 4 heteroatoms. The number of aryl methyl sites for hydroxylation is 2. The molecule has 7 aromatic carbocycles. The van der Waals surface area contributed by atoms with Crippen molar-refractivity contribution in [1.29, 1.82) is 0 Å². The number of hydrogen-bond acceptors (Lipinski definition) is 2. The van der Waals surface area contributed by atoms with Gasteiger partial charge in [-0.15, -0.1) is 0 Å². The third-order valence-electron chi connectivity index (χ3n) is 10.9. The topological polar surface area (TPSA) is 46.7 Å². The maximum absolute atomic E-state index is 11.8. The van der Waals surface area contributed by atoms with Gasteiger partial charge in [-0.2, -0.15) is 11.4 Å². The maximum atomic E-state index is 11.8. The Labute approximate surface area is 378 Å². The zero-order valence-corrected chi connectivity index (χ0v) is 39.4. The maximum Gasteiger partial charge on any atom is 0.132 e.